The van der Waals surface area contributed by atoms with Crippen molar-refractivity contribution in [1.82, 2.24) is 0 Å². The van der Waals surface area contributed by atoms with Crippen LogP contribution < -0.4 is 0 Å². The molecule has 0 aromatic heterocycles. The highest BCUT2D eigenvalue weighted by Crippen LogP contribution is 2.29. The summed E-state index contributed by atoms with van der Waals surface area (Å²) in [6.45, 7) is 11.7. The molecule has 0 fully saturated rings. The zero-order chi connectivity index (χ0) is 14.3. The van der Waals surface area contributed by atoms with Crippen molar-refractivity contribution >= 4 is 11.8 Å². The first-order chi connectivity index (χ1) is 9.10. The molecule has 0 aliphatic carbocycles. The van der Waals surface area contributed by atoms with Crippen molar-refractivity contribution in [2.75, 3.05) is 5.75 Å². The Balaban J connectivity index is 2.74. The summed E-state index contributed by atoms with van der Waals surface area (Å²) in [4.78, 5) is 1.23. The summed E-state index contributed by atoms with van der Waals surface area (Å²) in [7, 11) is 0. The molecule has 1 aromatic rings. The molecule has 0 bridgehead atoms. The minimum absolute atomic E-state index is 0.489. The Morgan fingerprint density at radius 1 is 1.32 bits per heavy atom. The van der Waals surface area contributed by atoms with E-state index in [0.717, 1.165) is 5.57 Å². The SMILES string of the molecule is C=C/C=C(\C=C)C(O)CSc1ccccc1C(C)C. The summed E-state index contributed by atoms with van der Waals surface area (Å²) in [6, 6.07) is 8.35. The van der Waals surface area contributed by atoms with Crippen molar-refractivity contribution < 1.29 is 5.11 Å². The number of aliphatic hydroxyl groups is 1. The summed E-state index contributed by atoms with van der Waals surface area (Å²) in [5.74, 6) is 1.11. The van der Waals surface area contributed by atoms with Gasteiger partial charge in [-0.25, -0.2) is 0 Å². The largest absolute Gasteiger partial charge is 0.388 e. The second kappa shape index (κ2) is 8.03. The third-order valence-corrected chi connectivity index (χ3v) is 4.03. The summed E-state index contributed by atoms with van der Waals surface area (Å²) in [5.41, 5.74) is 2.14. The fourth-order valence-electron chi connectivity index (χ4n) is 1.81. The van der Waals surface area contributed by atoms with E-state index in [-0.39, 0.29) is 0 Å². The average Bonchev–Trinajstić information content (AvgIpc) is 2.42. The van der Waals surface area contributed by atoms with Crippen LogP contribution in [0.15, 0.2) is 66.1 Å². The third kappa shape index (κ3) is 4.73. The van der Waals surface area contributed by atoms with Crippen LogP contribution in [-0.4, -0.2) is 17.0 Å². The van der Waals surface area contributed by atoms with Gasteiger partial charge in [0.15, 0.2) is 0 Å². The Morgan fingerprint density at radius 3 is 2.58 bits per heavy atom. The molecule has 0 amide bonds. The molecule has 19 heavy (non-hydrogen) atoms. The quantitative estimate of drug-likeness (QED) is 0.581. The van der Waals surface area contributed by atoms with Gasteiger partial charge in [-0.05, 0) is 23.1 Å². The number of aliphatic hydroxyl groups excluding tert-OH is 1. The van der Waals surface area contributed by atoms with E-state index < -0.39 is 6.10 Å². The Hall–Kier alpha value is -1.25. The minimum atomic E-state index is -0.513. The van der Waals surface area contributed by atoms with Crippen molar-refractivity contribution in [2.24, 2.45) is 0 Å². The van der Waals surface area contributed by atoms with Gasteiger partial charge in [-0.2, -0.15) is 0 Å². The molecule has 0 heterocycles. The molecule has 1 rings (SSSR count). The zero-order valence-corrected chi connectivity index (χ0v) is 12.5. The maximum absolute atomic E-state index is 10.1. The van der Waals surface area contributed by atoms with Gasteiger partial charge < -0.3 is 5.11 Å². The van der Waals surface area contributed by atoms with Crippen molar-refractivity contribution in [3.05, 3.63) is 66.8 Å². The Morgan fingerprint density at radius 2 is 2.00 bits per heavy atom. The molecule has 102 valence electrons. The summed E-state index contributed by atoms with van der Waals surface area (Å²) >= 11 is 1.68. The van der Waals surface area contributed by atoms with Crippen LogP contribution in [0.2, 0.25) is 0 Å². The van der Waals surface area contributed by atoms with Crippen LogP contribution in [0.1, 0.15) is 25.3 Å². The monoisotopic (exact) mass is 274 g/mol. The van der Waals surface area contributed by atoms with Gasteiger partial charge in [0.25, 0.3) is 0 Å². The molecular formula is C17H22OS. The summed E-state index contributed by atoms with van der Waals surface area (Å²) in [6.07, 6.45) is 4.64. The molecule has 0 aliphatic rings. The maximum atomic E-state index is 10.1. The number of thioether (sulfide) groups is 1. The van der Waals surface area contributed by atoms with Crippen LogP contribution in [0.25, 0.3) is 0 Å². The average molecular weight is 274 g/mol. The van der Waals surface area contributed by atoms with Gasteiger partial charge in [0.1, 0.15) is 0 Å². The third-order valence-electron chi connectivity index (χ3n) is 2.87. The highest BCUT2D eigenvalue weighted by Gasteiger charge is 2.11. The molecule has 1 aromatic carbocycles. The number of allylic oxidation sites excluding steroid dienone is 2. The molecule has 1 N–H and O–H groups in total. The molecule has 0 spiro atoms. The maximum Gasteiger partial charge on any atom is 0.0883 e. The standard InChI is InChI=1S/C17H22OS/c1-5-9-14(6-2)16(18)12-19-17-11-8-7-10-15(17)13(3)4/h5-11,13,16,18H,1-2,12H2,3-4H3/b14-9+. The molecular weight excluding hydrogens is 252 g/mol. The summed E-state index contributed by atoms with van der Waals surface area (Å²) < 4.78 is 0. The molecule has 2 heteroatoms. The lowest BCUT2D eigenvalue weighted by molar-refractivity contribution is 0.240. The molecule has 0 aliphatic heterocycles. The van der Waals surface area contributed by atoms with Gasteiger partial charge in [-0.1, -0.05) is 63.4 Å². The van der Waals surface area contributed by atoms with Crippen LogP contribution in [0.5, 0.6) is 0 Å². The van der Waals surface area contributed by atoms with E-state index in [1.807, 2.05) is 6.07 Å². The predicted octanol–water partition coefficient (Wildman–Crippen LogP) is 4.56. The van der Waals surface area contributed by atoms with Crippen LogP contribution >= 0.6 is 11.8 Å². The lowest BCUT2D eigenvalue weighted by Crippen LogP contribution is -2.12. The van der Waals surface area contributed by atoms with Crippen molar-refractivity contribution in [3.63, 3.8) is 0 Å². The highest BCUT2D eigenvalue weighted by molar-refractivity contribution is 7.99. The fraction of sp³-hybridized carbons (Fsp3) is 0.294. The zero-order valence-electron chi connectivity index (χ0n) is 11.7. The van der Waals surface area contributed by atoms with E-state index in [1.165, 1.54) is 10.5 Å². The number of hydrogen-bond donors (Lipinski definition) is 1. The minimum Gasteiger partial charge on any atom is -0.388 e. The second-order valence-corrected chi connectivity index (χ2v) is 5.69. The molecule has 1 atom stereocenters. The molecule has 0 radical (unpaired) electrons. The Labute approximate surface area is 120 Å². The number of benzene rings is 1. The van der Waals surface area contributed by atoms with Gasteiger partial charge in [-0.3, -0.25) is 0 Å². The topological polar surface area (TPSA) is 20.2 Å². The van der Waals surface area contributed by atoms with Crippen LogP contribution in [0, 0.1) is 0 Å². The van der Waals surface area contributed by atoms with Crippen LogP contribution in [0.4, 0.5) is 0 Å². The Bertz CT molecular complexity index is 460. The molecule has 0 saturated carbocycles. The normalized spacial score (nSPS) is 13.4. The van der Waals surface area contributed by atoms with Gasteiger partial charge >= 0.3 is 0 Å². The molecule has 1 unspecified atom stereocenters. The van der Waals surface area contributed by atoms with E-state index in [9.17, 15) is 5.11 Å². The summed E-state index contributed by atoms with van der Waals surface area (Å²) in [5, 5.41) is 10.1. The predicted molar refractivity (Wildman–Crippen MR) is 85.7 cm³/mol. The second-order valence-electron chi connectivity index (χ2n) is 4.63. The van der Waals surface area contributed by atoms with E-state index in [2.05, 4.69) is 45.2 Å². The highest BCUT2D eigenvalue weighted by atomic mass is 32.2. The van der Waals surface area contributed by atoms with E-state index >= 15 is 0 Å². The number of rotatable bonds is 7. The van der Waals surface area contributed by atoms with Crippen molar-refractivity contribution in [1.29, 1.82) is 0 Å². The van der Waals surface area contributed by atoms with Gasteiger partial charge in [0.05, 0.1) is 6.10 Å². The lowest BCUT2D eigenvalue weighted by Gasteiger charge is -2.15. The van der Waals surface area contributed by atoms with Gasteiger partial charge in [0.2, 0.25) is 0 Å². The van der Waals surface area contributed by atoms with E-state index in [1.54, 1.807) is 30.0 Å². The first kappa shape index (κ1) is 15.8. The van der Waals surface area contributed by atoms with E-state index in [0.29, 0.717) is 11.7 Å². The molecule has 1 nitrogen and oxygen atoms in total. The van der Waals surface area contributed by atoms with Crippen LogP contribution in [-0.2, 0) is 0 Å². The lowest BCUT2D eigenvalue weighted by atomic mass is 10.0. The number of hydrogen-bond acceptors (Lipinski definition) is 2. The van der Waals surface area contributed by atoms with Crippen molar-refractivity contribution in [2.45, 2.75) is 30.8 Å². The Kier molecular flexibility index (Phi) is 6.68. The van der Waals surface area contributed by atoms with Crippen LogP contribution in [0.3, 0.4) is 0 Å². The van der Waals surface area contributed by atoms with Gasteiger partial charge in [0, 0.05) is 10.6 Å². The van der Waals surface area contributed by atoms with E-state index in [4.69, 9.17) is 0 Å². The first-order valence-corrected chi connectivity index (χ1v) is 7.43. The smallest absolute Gasteiger partial charge is 0.0883 e. The van der Waals surface area contributed by atoms with Gasteiger partial charge in [-0.15, -0.1) is 11.8 Å². The molecule has 0 saturated heterocycles. The first-order valence-electron chi connectivity index (χ1n) is 6.45. The fourth-order valence-corrected chi connectivity index (χ4v) is 2.98. The van der Waals surface area contributed by atoms with Crippen molar-refractivity contribution in [3.8, 4) is 0 Å².